The van der Waals surface area contributed by atoms with Crippen LogP contribution < -0.4 is 4.65 Å². The third-order valence-electron chi connectivity index (χ3n) is 4.42. The lowest BCUT2D eigenvalue weighted by molar-refractivity contribution is -0.122. The third kappa shape index (κ3) is 3.02. The van der Waals surface area contributed by atoms with Crippen LogP contribution in [0.5, 0.6) is 5.75 Å². The highest BCUT2D eigenvalue weighted by atomic mass is 19.1. The van der Waals surface area contributed by atoms with E-state index in [0.717, 1.165) is 6.07 Å². The van der Waals surface area contributed by atoms with E-state index in [2.05, 4.69) is 4.74 Å². The maximum absolute atomic E-state index is 14.1. The standard InChI is InChI=1S/C15H14BFO8/c17-11-2-1-8-9-3-10(9)16(20)25-13(8)12(11)14(18)22-6-23-15(19)24-7-4-21-5-7/h1-2,7,9-10,20H,3-6H2/t9?,10-/m1/s1. The zero-order chi connectivity index (χ0) is 17.6. The maximum atomic E-state index is 14.1. The van der Waals surface area contributed by atoms with Gasteiger partial charge in [-0.3, -0.25) is 0 Å². The predicted octanol–water partition coefficient (Wildman–Crippen LogP) is 1.22. The molecule has 0 aromatic heterocycles. The molecule has 0 bridgehead atoms. The van der Waals surface area contributed by atoms with Gasteiger partial charge in [0, 0.05) is 5.82 Å². The Morgan fingerprint density at radius 2 is 2.12 bits per heavy atom. The molecule has 2 heterocycles. The Balaban J connectivity index is 1.40. The second kappa shape index (κ2) is 6.19. The van der Waals surface area contributed by atoms with Crippen molar-refractivity contribution in [3.8, 4) is 5.75 Å². The van der Waals surface area contributed by atoms with E-state index in [1.165, 1.54) is 6.07 Å². The topological polar surface area (TPSA) is 101 Å². The smallest absolute Gasteiger partial charge is 0.526 e. The Hall–Kier alpha value is -2.33. The van der Waals surface area contributed by atoms with Crippen molar-refractivity contribution in [3.63, 3.8) is 0 Å². The number of halogens is 1. The minimum Gasteiger partial charge on any atom is -0.535 e. The summed E-state index contributed by atoms with van der Waals surface area (Å²) < 4.78 is 38.4. The van der Waals surface area contributed by atoms with Crippen LogP contribution in [0.1, 0.15) is 28.3 Å². The van der Waals surface area contributed by atoms with E-state index in [-0.39, 0.29) is 36.8 Å². The van der Waals surface area contributed by atoms with Crippen LogP contribution >= 0.6 is 0 Å². The van der Waals surface area contributed by atoms with Crippen LogP contribution in [0.15, 0.2) is 12.1 Å². The quantitative estimate of drug-likeness (QED) is 0.491. The van der Waals surface area contributed by atoms with E-state index in [1.807, 2.05) is 0 Å². The summed E-state index contributed by atoms with van der Waals surface area (Å²) in [5, 5.41) is 9.83. The molecule has 1 N–H and O–H groups in total. The van der Waals surface area contributed by atoms with Crippen LogP contribution in [-0.4, -0.2) is 50.4 Å². The van der Waals surface area contributed by atoms with E-state index in [4.69, 9.17) is 18.9 Å². The first-order chi connectivity index (χ1) is 12.0. The minimum atomic E-state index is -1.08. The fourth-order valence-corrected chi connectivity index (χ4v) is 2.93. The molecule has 132 valence electrons. The molecule has 2 fully saturated rings. The summed E-state index contributed by atoms with van der Waals surface area (Å²) in [4.78, 5) is 23.5. The molecule has 1 aliphatic carbocycles. The monoisotopic (exact) mass is 352 g/mol. The number of carbonyl (C=O) groups is 2. The molecule has 4 rings (SSSR count). The van der Waals surface area contributed by atoms with Gasteiger partial charge in [0.15, 0.2) is 6.10 Å². The summed E-state index contributed by atoms with van der Waals surface area (Å²) in [6.45, 7) is -0.154. The van der Waals surface area contributed by atoms with Crippen LogP contribution in [-0.2, 0) is 18.9 Å². The Morgan fingerprint density at radius 3 is 2.84 bits per heavy atom. The van der Waals surface area contributed by atoms with Gasteiger partial charge in [0.2, 0.25) is 6.79 Å². The Bertz CT molecular complexity index is 722. The summed E-state index contributed by atoms with van der Waals surface area (Å²) in [5.74, 6) is -1.91. The number of esters is 1. The van der Waals surface area contributed by atoms with Gasteiger partial charge in [-0.05, 0) is 24.0 Å². The summed E-state index contributed by atoms with van der Waals surface area (Å²) in [7, 11) is -1.08. The van der Waals surface area contributed by atoms with Crippen molar-refractivity contribution in [3.05, 3.63) is 29.1 Å². The van der Waals surface area contributed by atoms with Crippen LogP contribution in [0.2, 0.25) is 5.82 Å². The molecule has 0 spiro atoms. The number of hydrogen-bond donors (Lipinski definition) is 1. The molecule has 3 aliphatic rings. The first kappa shape index (κ1) is 16.2. The number of carbonyl (C=O) groups excluding carboxylic acids is 2. The maximum Gasteiger partial charge on any atom is 0.526 e. The third-order valence-corrected chi connectivity index (χ3v) is 4.42. The van der Waals surface area contributed by atoms with Gasteiger partial charge in [-0.1, -0.05) is 6.07 Å². The number of rotatable bonds is 4. The number of benzene rings is 1. The molecule has 1 unspecified atom stereocenters. The first-order valence-electron chi connectivity index (χ1n) is 7.80. The van der Waals surface area contributed by atoms with Gasteiger partial charge < -0.3 is 28.6 Å². The van der Waals surface area contributed by atoms with Crippen molar-refractivity contribution in [1.82, 2.24) is 0 Å². The Kier molecular flexibility index (Phi) is 4.00. The molecule has 2 atom stereocenters. The van der Waals surface area contributed by atoms with Crippen LogP contribution in [0, 0.1) is 5.82 Å². The number of fused-ring (bicyclic) bond motifs is 3. The zero-order valence-electron chi connectivity index (χ0n) is 13.0. The van der Waals surface area contributed by atoms with Gasteiger partial charge >= 0.3 is 19.2 Å². The summed E-state index contributed by atoms with van der Waals surface area (Å²) >= 11 is 0. The highest BCUT2D eigenvalue weighted by molar-refractivity contribution is 6.48. The lowest BCUT2D eigenvalue weighted by Crippen LogP contribution is -2.38. The van der Waals surface area contributed by atoms with E-state index in [0.29, 0.717) is 12.0 Å². The van der Waals surface area contributed by atoms with Crippen LogP contribution in [0.25, 0.3) is 0 Å². The van der Waals surface area contributed by atoms with Crippen molar-refractivity contribution in [1.29, 1.82) is 0 Å². The summed E-state index contributed by atoms with van der Waals surface area (Å²) in [6, 6.07) is 2.68. The zero-order valence-corrected chi connectivity index (χ0v) is 13.0. The lowest BCUT2D eigenvalue weighted by atomic mass is 9.77. The normalized spacial score (nSPS) is 23.5. The molecule has 0 amide bonds. The van der Waals surface area contributed by atoms with Crippen LogP contribution in [0.4, 0.5) is 9.18 Å². The second-order valence-corrected chi connectivity index (χ2v) is 6.08. The molecule has 25 heavy (non-hydrogen) atoms. The first-order valence-corrected chi connectivity index (χ1v) is 7.80. The Labute approximate surface area is 141 Å². The van der Waals surface area contributed by atoms with Gasteiger partial charge in [-0.15, -0.1) is 0 Å². The highest BCUT2D eigenvalue weighted by Crippen LogP contribution is 2.60. The van der Waals surface area contributed by atoms with Gasteiger partial charge in [-0.25, -0.2) is 14.0 Å². The Morgan fingerprint density at radius 1 is 1.32 bits per heavy atom. The molecule has 1 saturated heterocycles. The van der Waals surface area contributed by atoms with Crippen molar-refractivity contribution >= 4 is 19.2 Å². The largest absolute Gasteiger partial charge is 0.535 e. The summed E-state index contributed by atoms with van der Waals surface area (Å²) in [5.41, 5.74) is 0.236. The van der Waals surface area contributed by atoms with Crippen molar-refractivity contribution < 1.29 is 42.6 Å². The van der Waals surface area contributed by atoms with Crippen molar-refractivity contribution in [2.75, 3.05) is 20.0 Å². The SMILES string of the molecule is O=C(OCOC(=O)c1c(F)ccc2c1OB(O)[C@@H]1CC21)OC1COC1. The molecule has 10 heteroatoms. The van der Waals surface area contributed by atoms with E-state index >= 15 is 0 Å². The average Bonchev–Trinajstić information content (AvgIpc) is 3.32. The molecule has 2 aliphatic heterocycles. The molecule has 1 aromatic carbocycles. The molecule has 0 radical (unpaired) electrons. The van der Waals surface area contributed by atoms with E-state index in [9.17, 15) is 19.0 Å². The summed E-state index contributed by atoms with van der Waals surface area (Å²) in [6.07, 6.45) is -0.666. The fourth-order valence-electron chi connectivity index (χ4n) is 2.93. The molecule has 1 saturated carbocycles. The molecule has 8 nitrogen and oxygen atoms in total. The highest BCUT2D eigenvalue weighted by Gasteiger charge is 2.54. The minimum absolute atomic E-state index is 0.0227. The van der Waals surface area contributed by atoms with Gasteiger partial charge in [0.25, 0.3) is 0 Å². The predicted molar refractivity (Wildman–Crippen MR) is 78.6 cm³/mol. The second-order valence-electron chi connectivity index (χ2n) is 6.08. The van der Waals surface area contributed by atoms with Crippen LogP contribution in [0.3, 0.4) is 0 Å². The van der Waals surface area contributed by atoms with Crippen molar-refractivity contribution in [2.45, 2.75) is 24.3 Å². The number of hydrogen-bond acceptors (Lipinski definition) is 8. The average molecular weight is 352 g/mol. The number of ether oxygens (including phenoxy) is 4. The van der Waals surface area contributed by atoms with E-state index in [1.54, 1.807) is 0 Å². The lowest BCUT2D eigenvalue weighted by Gasteiger charge is -2.24. The van der Waals surface area contributed by atoms with Gasteiger partial charge in [-0.2, -0.15) is 0 Å². The van der Waals surface area contributed by atoms with E-state index < -0.39 is 37.4 Å². The molecular weight excluding hydrogens is 338 g/mol. The fraction of sp³-hybridized carbons (Fsp3) is 0.467. The molecule has 1 aromatic rings. The molecular formula is C15H14BFO8. The van der Waals surface area contributed by atoms with Gasteiger partial charge in [0.1, 0.15) is 17.1 Å². The van der Waals surface area contributed by atoms with Gasteiger partial charge in [0.05, 0.1) is 13.2 Å². The van der Waals surface area contributed by atoms with Crippen molar-refractivity contribution in [2.24, 2.45) is 0 Å².